The number of carbonyl (C=O) groups excluding carboxylic acids is 1. The first-order valence-electron chi connectivity index (χ1n) is 9.76. The summed E-state index contributed by atoms with van der Waals surface area (Å²) in [5.41, 5.74) is 6.41. The Balaban J connectivity index is 2.38. The fraction of sp³-hybridized carbons (Fsp3) is 0.667. The number of hydrogen-bond acceptors (Lipinski definition) is 3. The maximum atomic E-state index is 12.8. The zero-order valence-electron chi connectivity index (χ0n) is 16.4. The van der Waals surface area contributed by atoms with Crippen LogP contribution in [0.1, 0.15) is 58.9 Å². The monoisotopic (exact) mass is 345 g/mol. The van der Waals surface area contributed by atoms with Gasteiger partial charge in [-0.25, -0.2) is 0 Å². The fourth-order valence-electron chi connectivity index (χ4n) is 4.30. The summed E-state index contributed by atoms with van der Waals surface area (Å²) in [7, 11) is 0. The Morgan fingerprint density at radius 3 is 2.12 bits per heavy atom. The van der Waals surface area contributed by atoms with E-state index in [0.29, 0.717) is 12.1 Å². The second-order valence-electron chi connectivity index (χ2n) is 7.81. The minimum absolute atomic E-state index is 0.215. The van der Waals surface area contributed by atoms with Gasteiger partial charge in [0.15, 0.2) is 0 Å². The quantitative estimate of drug-likeness (QED) is 0.786. The van der Waals surface area contributed by atoms with E-state index >= 15 is 0 Å². The highest BCUT2D eigenvalue weighted by Crippen LogP contribution is 2.35. The topological polar surface area (TPSA) is 49.6 Å². The molecular weight excluding hydrogens is 310 g/mol. The summed E-state index contributed by atoms with van der Waals surface area (Å²) in [6.45, 7) is 11.6. The van der Waals surface area contributed by atoms with Crippen LogP contribution in [0.15, 0.2) is 30.3 Å². The maximum absolute atomic E-state index is 12.8. The smallest absolute Gasteiger partial charge is 0.242 e. The lowest BCUT2D eigenvalue weighted by Gasteiger charge is -2.45. The van der Waals surface area contributed by atoms with Gasteiger partial charge in [0.2, 0.25) is 5.91 Å². The number of benzene rings is 1. The Kier molecular flexibility index (Phi) is 7.03. The Labute approximate surface area is 153 Å². The average Bonchev–Trinajstić information content (AvgIpc) is 2.59. The SMILES string of the molecule is CC(C)N(CCC(C(N)=O)(c1ccccc1)N1CCCCC1)C(C)C. The van der Waals surface area contributed by atoms with Crippen LogP contribution in [0.25, 0.3) is 0 Å². The summed E-state index contributed by atoms with van der Waals surface area (Å²) in [5.74, 6) is -0.215. The van der Waals surface area contributed by atoms with Gasteiger partial charge in [-0.1, -0.05) is 36.8 Å². The molecule has 2 N–H and O–H groups in total. The molecule has 1 unspecified atom stereocenters. The van der Waals surface area contributed by atoms with Crippen LogP contribution in [-0.4, -0.2) is 47.4 Å². The second kappa shape index (κ2) is 8.81. The molecule has 0 bridgehead atoms. The number of piperidine rings is 1. The van der Waals surface area contributed by atoms with Gasteiger partial charge in [-0.2, -0.15) is 0 Å². The first-order valence-corrected chi connectivity index (χ1v) is 9.76. The Hall–Kier alpha value is -1.39. The van der Waals surface area contributed by atoms with Gasteiger partial charge in [-0.05, 0) is 65.6 Å². The highest BCUT2D eigenvalue weighted by molar-refractivity contribution is 5.86. The molecule has 1 amide bonds. The van der Waals surface area contributed by atoms with Crippen molar-refractivity contribution in [3.8, 4) is 0 Å². The van der Waals surface area contributed by atoms with Gasteiger partial charge < -0.3 is 5.73 Å². The zero-order valence-corrected chi connectivity index (χ0v) is 16.4. The standard InChI is InChI=1S/C21H35N3O/c1-17(2)24(18(3)4)16-13-21(20(22)25,19-11-7-5-8-12-19)23-14-9-6-10-15-23/h5,7-8,11-12,17-18H,6,9-10,13-16H2,1-4H3,(H2,22,25). The third-order valence-corrected chi connectivity index (χ3v) is 5.61. The number of nitrogens with zero attached hydrogens (tertiary/aromatic N) is 2. The van der Waals surface area contributed by atoms with Crippen LogP contribution in [0, 0.1) is 0 Å². The van der Waals surface area contributed by atoms with Gasteiger partial charge in [0.05, 0.1) is 0 Å². The highest BCUT2D eigenvalue weighted by Gasteiger charge is 2.44. The first kappa shape index (κ1) is 19.9. The van der Waals surface area contributed by atoms with Crippen molar-refractivity contribution in [2.45, 2.75) is 71.0 Å². The van der Waals surface area contributed by atoms with Crippen molar-refractivity contribution >= 4 is 5.91 Å². The molecule has 2 rings (SSSR count). The van der Waals surface area contributed by atoms with E-state index < -0.39 is 5.54 Å². The largest absolute Gasteiger partial charge is 0.368 e. The van der Waals surface area contributed by atoms with Crippen LogP contribution in [0.3, 0.4) is 0 Å². The number of amides is 1. The molecule has 1 aromatic rings. The maximum Gasteiger partial charge on any atom is 0.242 e. The van der Waals surface area contributed by atoms with Gasteiger partial charge >= 0.3 is 0 Å². The summed E-state index contributed by atoms with van der Waals surface area (Å²) in [6, 6.07) is 11.0. The number of nitrogens with two attached hydrogens (primary N) is 1. The van der Waals surface area contributed by atoms with Crippen molar-refractivity contribution in [2.75, 3.05) is 19.6 Å². The predicted octanol–water partition coefficient (Wildman–Crippen LogP) is 3.36. The molecule has 4 heteroatoms. The summed E-state index contributed by atoms with van der Waals surface area (Å²) >= 11 is 0. The third kappa shape index (κ3) is 4.42. The van der Waals surface area contributed by atoms with Crippen LogP contribution in [0.4, 0.5) is 0 Å². The Morgan fingerprint density at radius 1 is 1.08 bits per heavy atom. The van der Waals surface area contributed by atoms with Crippen molar-refractivity contribution in [1.82, 2.24) is 9.80 Å². The Morgan fingerprint density at radius 2 is 1.64 bits per heavy atom. The lowest BCUT2D eigenvalue weighted by Crippen LogP contribution is -2.58. The average molecular weight is 346 g/mol. The van der Waals surface area contributed by atoms with Crippen LogP contribution in [-0.2, 0) is 10.3 Å². The van der Waals surface area contributed by atoms with Crippen molar-refractivity contribution in [1.29, 1.82) is 0 Å². The van der Waals surface area contributed by atoms with Gasteiger partial charge in [0.1, 0.15) is 5.54 Å². The molecule has 1 fully saturated rings. The molecule has 1 aromatic carbocycles. The van der Waals surface area contributed by atoms with Crippen LogP contribution >= 0.6 is 0 Å². The van der Waals surface area contributed by atoms with Crippen molar-refractivity contribution < 1.29 is 4.79 Å². The molecular formula is C21H35N3O. The van der Waals surface area contributed by atoms with E-state index in [9.17, 15) is 4.79 Å². The van der Waals surface area contributed by atoms with E-state index in [2.05, 4.69) is 49.6 Å². The fourth-order valence-corrected chi connectivity index (χ4v) is 4.30. The van der Waals surface area contributed by atoms with Crippen molar-refractivity contribution in [2.24, 2.45) is 5.73 Å². The minimum Gasteiger partial charge on any atom is -0.368 e. The van der Waals surface area contributed by atoms with E-state index in [0.717, 1.165) is 44.5 Å². The number of primary amides is 1. The molecule has 0 radical (unpaired) electrons. The summed E-state index contributed by atoms with van der Waals surface area (Å²) in [6.07, 6.45) is 4.26. The van der Waals surface area contributed by atoms with Crippen LogP contribution in [0.2, 0.25) is 0 Å². The number of hydrogen-bond donors (Lipinski definition) is 1. The molecule has 25 heavy (non-hydrogen) atoms. The molecule has 4 nitrogen and oxygen atoms in total. The van der Waals surface area contributed by atoms with E-state index in [1.54, 1.807) is 0 Å². The van der Waals surface area contributed by atoms with Gasteiger partial charge in [0, 0.05) is 18.6 Å². The lowest BCUT2D eigenvalue weighted by atomic mass is 9.82. The molecule has 1 saturated heterocycles. The number of likely N-dealkylation sites (tertiary alicyclic amines) is 1. The number of rotatable bonds is 8. The van der Waals surface area contributed by atoms with Gasteiger partial charge in [0.25, 0.3) is 0 Å². The molecule has 1 atom stereocenters. The second-order valence-corrected chi connectivity index (χ2v) is 7.81. The molecule has 1 aliphatic rings. The van der Waals surface area contributed by atoms with E-state index in [4.69, 9.17) is 5.73 Å². The molecule has 0 aromatic heterocycles. The van der Waals surface area contributed by atoms with E-state index in [1.807, 2.05) is 18.2 Å². The summed E-state index contributed by atoms with van der Waals surface area (Å²) in [4.78, 5) is 17.6. The van der Waals surface area contributed by atoms with Crippen LogP contribution in [0.5, 0.6) is 0 Å². The highest BCUT2D eigenvalue weighted by atomic mass is 16.1. The zero-order chi connectivity index (χ0) is 18.4. The van der Waals surface area contributed by atoms with Crippen molar-refractivity contribution in [3.63, 3.8) is 0 Å². The Bertz CT molecular complexity index is 529. The molecule has 0 spiro atoms. The normalized spacial score (nSPS) is 18.7. The molecule has 140 valence electrons. The predicted molar refractivity (Wildman–Crippen MR) is 104 cm³/mol. The first-order chi connectivity index (χ1) is 11.9. The molecule has 1 heterocycles. The summed E-state index contributed by atoms with van der Waals surface area (Å²) in [5, 5.41) is 0. The van der Waals surface area contributed by atoms with Crippen LogP contribution < -0.4 is 5.73 Å². The molecule has 1 aliphatic heterocycles. The molecule has 0 saturated carbocycles. The molecule has 0 aliphatic carbocycles. The summed E-state index contributed by atoms with van der Waals surface area (Å²) < 4.78 is 0. The lowest BCUT2D eigenvalue weighted by molar-refractivity contribution is -0.133. The van der Waals surface area contributed by atoms with E-state index in [1.165, 1.54) is 6.42 Å². The van der Waals surface area contributed by atoms with Gasteiger partial charge in [-0.3, -0.25) is 14.6 Å². The third-order valence-electron chi connectivity index (χ3n) is 5.61. The van der Waals surface area contributed by atoms with E-state index in [-0.39, 0.29) is 5.91 Å². The van der Waals surface area contributed by atoms with Gasteiger partial charge in [-0.15, -0.1) is 0 Å². The van der Waals surface area contributed by atoms with Crippen molar-refractivity contribution in [3.05, 3.63) is 35.9 Å². The number of carbonyl (C=O) groups is 1. The minimum atomic E-state index is -0.705.